The Kier molecular flexibility index (Phi) is 10.5. The molecule has 4 amide bonds. The second kappa shape index (κ2) is 12.4. The summed E-state index contributed by atoms with van der Waals surface area (Å²) in [6, 6.07) is 4.53. The third-order valence-electron chi connectivity index (χ3n) is 5.07. The molecular weight excluding hydrogens is 436 g/mol. The summed E-state index contributed by atoms with van der Waals surface area (Å²) in [5, 5.41) is 5.36. The Morgan fingerprint density at radius 1 is 1.03 bits per heavy atom. The van der Waals surface area contributed by atoms with Crippen molar-refractivity contribution >= 4 is 23.8 Å². The van der Waals surface area contributed by atoms with Crippen LogP contribution in [0.1, 0.15) is 78.5 Å². The molecule has 1 rings (SSSR count). The van der Waals surface area contributed by atoms with Crippen molar-refractivity contribution in [2.45, 2.75) is 98.0 Å². The van der Waals surface area contributed by atoms with Gasteiger partial charge in [0.25, 0.3) is 0 Å². The summed E-state index contributed by atoms with van der Waals surface area (Å²) >= 11 is 0. The molecule has 3 unspecified atom stereocenters. The summed E-state index contributed by atoms with van der Waals surface area (Å²) in [5.74, 6) is -1.72. The molecule has 1 aromatic carbocycles. The molecule has 1 aromatic rings. The van der Waals surface area contributed by atoms with E-state index in [1.807, 2.05) is 46.8 Å². The van der Waals surface area contributed by atoms with Crippen LogP contribution in [0.4, 0.5) is 4.79 Å². The molecule has 4 N–H and O–H groups in total. The van der Waals surface area contributed by atoms with E-state index in [4.69, 9.17) is 10.5 Å². The van der Waals surface area contributed by atoms with Crippen LogP contribution >= 0.6 is 0 Å². The first-order valence-electron chi connectivity index (χ1n) is 11.6. The lowest BCUT2D eigenvalue weighted by Gasteiger charge is -2.38. The molecule has 0 aliphatic rings. The highest BCUT2D eigenvalue weighted by atomic mass is 16.6. The lowest BCUT2D eigenvalue weighted by atomic mass is 9.98. The van der Waals surface area contributed by atoms with Crippen LogP contribution in [0.2, 0.25) is 0 Å². The Hall–Kier alpha value is -3.10. The fourth-order valence-electron chi connectivity index (χ4n) is 3.38. The minimum Gasteiger partial charge on any atom is -0.444 e. The highest BCUT2D eigenvalue weighted by Crippen LogP contribution is 2.27. The van der Waals surface area contributed by atoms with Gasteiger partial charge < -0.3 is 26.0 Å². The molecule has 0 saturated carbocycles. The van der Waals surface area contributed by atoms with Crippen LogP contribution < -0.4 is 16.4 Å². The first kappa shape index (κ1) is 28.9. The van der Waals surface area contributed by atoms with Crippen molar-refractivity contribution in [3.63, 3.8) is 0 Å². The van der Waals surface area contributed by atoms with Crippen LogP contribution in [-0.4, -0.2) is 52.4 Å². The lowest BCUT2D eigenvalue weighted by molar-refractivity contribution is -0.146. The Labute approximate surface area is 202 Å². The molecule has 190 valence electrons. The van der Waals surface area contributed by atoms with Crippen LogP contribution in [0.15, 0.2) is 24.3 Å². The smallest absolute Gasteiger partial charge is 0.408 e. The fraction of sp³-hybridized carbons (Fsp3) is 0.600. The first-order valence-corrected chi connectivity index (χ1v) is 11.6. The number of nitrogens with two attached hydrogens (primary N) is 1. The van der Waals surface area contributed by atoms with E-state index in [0.29, 0.717) is 12.0 Å². The van der Waals surface area contributed by atoms with Crippen molar-refractivity contribution in [3.8, 4) is 0 Å². The van der Waals surface area contributed by atoms with Crippen molar-refractivity contribution in [1.29, 1.82) is 0 Å². The third kappa shape index (κ3) is 9.03. The number of primary amides is 1. The number of rotatable bonds is 10. The van der Waals surface area contributed by atoms with Gasteiger partial charge >= 0.3 is 6.09 Å². The van der Waals surface area contributed by atoms with Crippen LogP contribution in [-0.2, 0) is 19.1 Å². The first-order chi connectivity index (χ1) is 15.7. The van der Waals surface area contributed by atoms with E-state index in [9.17, 15) is 19.2 Å². The van der Waals surface area contributed by atoms with Crippen LogP contribution in [0.5, 0.6) is 0 Å². The Morgan fingerprint density at radius 3 is 2.03 bits per heavy atom. The van der Waals surface area contributed by atoms with Gasteiger partial charge in [-0.3, -0.25) is 14.4 Å². The molecule has 0 aliphatic heterocycles. The summed E-state index contributed by atoms with van der Waals surface area (Å²) in [5.41, 5.74) is 6.21. The largest absolute Gasteiger partial charge is 0.444 e. The standard InChI is InChI=1S/C25H40N4O5/c1-9-17(5)29(21(22(31)27-15(2)3)18-12-10-16(4)11-13-18)23(32)19(14-20(26)30)28-24(33)34-25(6,7)8/h10-13,15,17,19,21H,9,14H2,1-8H3,(H2,26,30)(H,27,31)(H,28,33). The zero-order valence-corrected chi connectivity index (χ0v) is 21.6. The van der Waals surface area contributed by atoms with Crippen LogP contribution in [0.25, 0.3) is 0 Å². The summed E-state index contributed by atoms with van der Waals surface area (Å²) in [7, 11) is 0. The molecule has 0 aromatic heterocycles. The number of hydrogen-bond donors (Lipinski definition) is 3. The maximum absolute atomic E-state index is 13.8. The minimum atomic E-state index is -1.29. The zero-order valence-electron chi connectivity index (χ0n) is 21.6. The fourth-order valence-corrected chi connectivity index (χ4v) is 3.38. The van der Waals surface area contributed by atoms with E-state index in [-0.39, 0.29) is 18.0 Å². The summed E-state index contributed by atoms with van der Waals surface area (Å²) in [6.45, 7) is 14.4. The van der Waals surface area contributed by atoms with Crippen molar-refractivity contribution in [2.75, 3.05) is 0 Å². The van der Waals surface area contributed by atoms with Crippen LogP contribution in [0.3, 0.4) is 0 Å². The molecule has 9 heteroatoms. The predicted molar refractivity (Wildman–Crippen MR) is 131 cm³/mol. The van der Waals surface area contributed by atoms with Gasteiger partial charge in [-0.05, 0) is 60.5 Å². The van der Waals surface area contributed by atoms with E-state index < -0.39 is 42.0 Å². The molecule has 3 atom stereocenters. The average Bonchev–Trinajstić information content (AvgIpc) is 2.69. The van der Waals surface area contributed by atoms with E-state index in [2.05, 4.69) is 10.6 Å². The zero-order chi connectivity index (χ0) is 26.2. The minimum absolute atomic E-state index is 0.157. The van der Waals surface area contributed by atoms with Gasteiger partial charge in [-0.25, -0.2) is 4.79 Å². The van der Waals surface area contributed by atoms with Crippen molar-refractivity contribution in [1.82, 2.24) is 15.5 Å². The van der Waals surface area contributed by atoms with Gasteiger partial charge in [0.05, 0.1) is 6.42 Å². The SMILES string of the molecule is CCC(C)N(C(=O)C(CC(N)=O)NC(=O)OC(C)(C)C)C(C(=O)NC(C)C)c1ccc(C)cc1. The number of ether oxygens (including phenoxy) is 1. The number of alkyl carbamates (subject to hydrolysis) is 1. The molecule has 0 fully saturated rings. The number of hydrogen-bond acceptors (Lipinski definition) is 5. The van der Waals surface area contributed by atoms with Gasteiger partial charge in [0.2, 0.25) is 17.7 Å². The van der Waals surface area contributed by atoms with E-state index in [0.717, 1.165) is 5.56 Å². The third-order valence-corrected chi connectivity index (χ3v) is 5.07. The number of aryl methyl sites for hydroxylation is 1. The molecular formula is C25H40N4O5. The molecule has 0 spiro atoms. The van der Waals surface area contributed by atoms with Crippen molar-refractivity contribution < 1.29 is 23.9 Å². The van der Waals surface area contributed by atoms with Gasteiger partial charge in [-0.2, -0.15) is 0 Å². The predicted octanol–water partition coefficient (Wildman–Crippen LogP) is 2.96. The molecule has 0 radical (unpaired) electrons. The highest BCUT2D eigenvalue weighted by Gasteiger charge is 2.39. The normalized spacial score (nSPS) is 14.0. The van der Waals surface area contributed by atoms with Gasteiger partial charge in [0.1, 0.15) is 17.7 Å². The molecule has 0 heterocycles. The van der Waals surface area contributed by atoms with E-state index in [1.165, 1.54) is 4.90 Å². The molecule has 0 saturated heterocycles. The topological polar surface area (TPSA) is 131 Å². The maximum Gasteiger partial charge on any atom is 0.408 e. The van der Waals surface area contributed by atoms with Crippen molar-refractivity contribution in [2.24, 2.45) is 5.73 Å². The second-order valence-electron chi connectivity index (χ2n) is 9.85. The van der Waals surface area contributed by atoms with Crippen molar-refractivity contribution in [3.05, 3.63) is 35.4 Å². The number of carbonyl (C=O) groups is 4. The van der Waals surface area contributed by atoms with Gasteiger partial charge in [-0.1, -0.05) is 36.8 Å². The quantitative estimate of drug-likeness (QED) is 0.478. The summed E-state index contributed by atoms with van der Waals surface area (Å²) in [6.07, 6.45) is -0.745. The monoisotopic (exact) mass is 476 g/mol. The Bertz CT molecular complexity index is 861. The average molecular weight is 477 g/mol. The number of benzene rings is 1. The molecule has 9 nitrogen and oxygen atoms in total. The van der Waals surface area contributed by atoms with Gasteiger partial charge in [0.15, 0.2) is 0 Å². The number of amides is 4. The maximum atomic E-state index is 13.8. The Balaban J connectivity index is 3.51. The van der Waals surface area contributed by atoms with Crippen LogP contribution in [0, 0.1) is 6.92 Å². The Morgan fingerprint density at radius 2 is 1.59 bits per heavy atom. The summed E-state index contributed by atoms with van der Waals surface area (Å²) in [4.78, 5) is 52.8. The number of nitrogens with zero attached hydrogens (tertiary/aromatic N) is 1. The van der Waals surface area contributed by atoms with Gasteiger partial charge in [-0.15, -0.1) is 0 Å². The number of nitrogens with one attached hydrogen (secondary N) is 2. The lowest BCUT2D eigenvalue weighted by Crippen LogP contribution is -2.56. The second-order valence-corrected chi connectivity index (χ2v) is 9.85. The highest BCUT2D eigenvalue weighted by molar-refractivity contribution is 5.94. The number of carbonyl (C=O) groups excluding carboxylic acids is 4. The van der Waals surface area contributed by atoms with E-state index in [1.54, 1.807) is 32.9 Å². The molecule has 34 heavy (non-hydrogen) atoms. The molecule has 0 aliphatic carbocycles. The van der Waals surface area contributed by atoms with E-state index >= 15 is 0 Å². The molecule has 0 bridgehead atoms. The van der Waals surface area contributed by atoms with Gasteiger partial charge in [0, 0.05) is 12.1 Å². The summed E-state index contributed by atoms with van der Waals surface area (Å²) < 4.78 is 5.27.